The Morgan fingerprint density at radius 1 is 1.20 bits per heavy atom. The maximum atomic E-state index is 12.9. The third-order valence-corrected chi connectivity index (χ3v) is 5.93. The molecule has 3 heteroatoms. The Morgan fingerprint density at radius 3 is 2.30 bits per heavy atom. The molecule has 1 unspecified atom stereocenters. The van der Waals surface area contributed by atoms with Crippen molar-refractivity contribution in [2.24, 2.45) is 16.7 Å². The molecule has 0 aromatic rings. The van der Waals surface area contributed by atoms with Crippen LogP contribution in [0.3, 0.4) is 0 Å². The third kappa shape index (κ3) is 2.74. The quantitative estimate of drug-likeness (QED) is 0.839. The van der Waals surface area contributed by atoms with Crippen molar-refractivity contribution in [3.63, 3.8) is 0 Å². The van der Waals surface area contributed by atoms with Gasteiger partial charge in [0.25, 0.3) is 0 Å². The molecule has 116 valence electrons. The zero-order valence-corrected chi connectivity index (χ0v) is 14.0. The Kier molecular flexibility index (Phi) is 4.48. The van der Waals surface area contributed by atoms with Gasteiger partial charge in [0.2, 0.25) is 5.91 Å². The molecule has 1 amide bonds. The van der Waals surface area contributed by atoms with E-state index in [9.17, 15) is 4.79 Å². The molecule has 0 spiro atoms. The van der Waals surface area contributed by atoms with E-state index in [2.05, 4.69) is 44.8 Å². The van der Waals surface area contributed by atoms with Crippen molar-refractivity contribution in [2.45, 2.75) is 66.3 Å². The van der Waals surface area contributed by atoms with Crippen molar-refractivity contribution < 1.29 is 4.79 Å². The van der Waals surface area contributed by atoms with Crippen molar-refractivity contribution >= 4 is 5.91 Å². The Balaban J connectivity index is 1.99. The van der Waals surface area contributed by atoms with Crippen LogP contribution in [-0.2, 0) is 4.79 Å². The number of carbonyl (C=O) groups excluding carboxylic acids is 1. The molecule has 20 heavy (non-hydrogen) atoms. The summed E-state index contributed by atoms with van der Waals surface area (Å²) in [4.78, 5) is 15.0. The lowest BCUT2D eigenvalue weighted by Gasteiger charge is -2.31. The number of amides is 1. The summed E-state index contributed by atoms with van der Waals surface area (Å²) in [7, 11) is 0. The number of hydrogen-bond donors (Lipinski definition) is 1. The Labute approximate surface area is 124 Å². The van der Waals surface area contributed by atoms with Gasteiger partial charge in [-0.1, -0.05) is 41.0 Å². The molecule has 1 saturated carbocycles. The molecule has 1 N–H and O–H groups in total. The summed E-state index contributed by atoms with van der Waals surface area (Å²) < 4.78 is 0. The van der Waals surface area contributed by atoms with Gasteiger partial charge in [0.1, 0.15) is 0 Å². The zero-order chi connectivity index (χ0) is 15.0. The highest BCUT2D eigenvalue weighted by molar-refractivity contribution is 5.84. The molecular formula is C17H32N2O. The maximum Gasteiger partial charge on any atom is 0.226 e. The minimum atomic E-state index is 0.149. The van der Waals surface area contributed by atoms with E-state index in [1.165, 1.54) is 19.3 Å². The molecule has 0 radical (unpaired) electrons. The van der Waals surface area contributed by atoms with Crippen LogP contribution >= 0.6 is 0 Å². The summed E-state index contributed by atoms with van der Waals surface area (Å²) >= 11 is 0. The Hall–Kier alpha value is -0.570. The summed E-state index contributed by atoms with van der Waals surface area (Å²) in [5, 5.41) is 3.57. The molecule has 0 bridgehead atoms. The standard InChI is InChI=1S/C17H32N2O/c1-6-11-19(12-13-9-7-8-10-18-13)15(20)14-16(2,3)17(14,4)5/h13-14,18H,6-12H2,1-5H3. The van der Waals surface area contributed by atoms with Gasteiger partial charge in [-0.25, -0.2) is 0 Å². The van der Waals surface area contributed by atoms with Gasteiger partial charge in [-0.15, -0.1) is 0 Å². The van der Waals surface area contributed by atoms with E-state index in [1.807, 2.05) is 0 Å². The molecule has 1 saturated heterocycles. The van der Waals surface area contributed by atoms with E-state index in [0.717, 1.165) is 26.1 Å². The van der Waals surface area contributed by atoms with Crippen LogP contribution in [0, 0.1) is 16.7 Å². The highest BCUT2D eigenvalue weighted by Crippen LogP contribution is 2.68. The van der Waals surface area contributed by atoms with E-state index >= 15 is 0 Å². The first-order valence-corrected chi connectivity index (χ1v) is 8.34. The smallest absolute Gasteiger partial charge is 0.226 e. The zero-order valence-electron chi connectivity index (χ0n) is 14.0. The van der Waals surface area contributed by atoms with Gasteiger partial charge < -0.3 is 10.2 Å². The van der Waals surface area contributed by atoms with Crippen LogP contribution in [0.25, 0.3) is 0 Å². The molecule has 2 rings (SSSR count). The van der Waals surface area contributed by atoms with Crippen LogP contribution in [0.15, 0.2) is 0 Å². The van der Waals surface area contributed by atoms with E-state index in [4.69, 9.17) is 0 Å². The molecule has 3 nitrogen and oxygen atoms in total. The lowest BCUT2D eigenvalue weighted by molar-refractivity contribution is -0.134. The van der Waals surface area contributed by atoms with Gasteiger partial charge in [-0.2, -0.15) is 0 Å². The van der Waals surface area contributed by atoms with Crippen molar-refractivity contribution in [1.82, 2.24) is 10.2 Å². The molecular weight excluding hydrogens is 248 g/mol. The van der Waals surface area contributed by atoms with Gasteiger partial charge in [0.05, 0.1) is 0 Å². The molecule has 0 aromatic carbocycles. The second-order valence-electron chi connectivity index (χ2n) is 7.81. The molecule has 1 aliphatic carbocycles. The van der Waals surface area contributed by atoms with Gasteiger partial charge >= 0.3 is 0 Å². The molecule has 2 aliphatic rings. The average molecular weight is 280 g/mol. The van der Waals surface area contributed by atoms with Crippen molar-refractivity contribution in [3.05, 3.63) is 0 Å². The predicted octanol–water partition coefficient (Wildman–Crippen LogP) is 3.05. The van der Waals surface area contributed by atoms with Crippen LogP contribution in [0.1, 0.15) is 60.3 Å². The molecule has 2 fully saturated rings. The first-order chi connectivity index (χ1) is 9.32. The highest BCUT2D eigenvalue weighted by Gasteiger charge is 2.68. The van der Waals surface area contributed by atoms with Crippen LogP contribution in [0.5, 0.6) is 0 Å². The number of nitrogens with zero attached hydrogens (tertiary/aromatic N) is 1. The molecule has 1 aliphatic heterocycles. The number of carbonyl (C=O) groups is 1. The van der Waals surface area contributed by atoms with E-state index in [1.54, 1.807) is 0 Å². The van der Waals surface area contributed by atoms with Crippen molar-refractivity contribution in [3.8, 4) is 0 Å². The van der Waals surface area contributed by atoms with E-state index < -0.39 is 0 Å². The van der Waals surface area contributed by atoms with Gasteiger partial charge in [-0.3, -0.25) is 4.79 Å². The summed E-state index contributed by atoms with van der Waals surface area (Å²) in [5.41, 5.74) is 0.298. The topological polar surface area (TPSA) is 32.3 Å². The lowest BCUT2D eigenvalue weighted by Crippen LogP contribution is -2.47. The second kappa shape index (κ2) is 5.67. The van der Waals surface area contributed by atoms with E-state index in [-0.39, 0.29) is 16.7 Å². The second-order valence-corrected chi connectivity index (χ2v) is 7.81. The number of nitrogens with one attached hydrogen (secondary N) is 1. The predicted molar refractivity (Wildman–Crippen MR) is 83.6 cm³/mol. The number of rotatable bonds is 5. The monoisotopic (exact) mass is 280 g/mol. The number of piperidine rings is 1. The number of hydrogen-bond acceptors (Lipinski definition) is 2. The van der Waals surface area contributed by atoms with Crippen LogP contribution < -0.4 is 5.32 Å². The maximum absolute atomic E-state index is 12.9. The summed E-state index contributed by atoms with van der Waals surface area (Å²) in [6.07, 6.45) is 4.84. The Bertz CT molecular complexity index is 342. The normalized spacial score (nSPS) is 28.1. The van der Waals surface area contributed by atoms with Crippen LogP contribution in [-0.4, -0.2) is 36.5 Å². The summed E-state index contributed by atoms with van der Waals surface area (Å²) in [5.74, 6) is 0.583. The van der Waals surface area contributed by atoms with Crippen molar-refractivity contribution in [1.29, 1.82) is 0 Å². The van der Waals surface area contributed by atoms with Crippen LogP contribution in [0.4, 0.5) is 0 Å². The summed E-state index contributed by atoms with van der Waals surface area (Å²) in [6.45, 7) is 14.0. The average Bonchev–Trinajstić information content (AvgIpc) is 2.80. The van der Waals surface area contributed by atoms with Crippen LogP contribution in [0.2, 0.25) is 0 Å². The fourth-order valence-corrected chi connectivity index (χ4v) is 3.90. The SMILES string of the molecule is CCCN(CC1CCCCN1)C(=O)C1C(C)(C)C1(C)C. The first-order valence-electron chi connectivity index (χ1n) is 8.34. The third-order valence-electron chi connectivity index (χ3n) is 5.93. The van der Waals surface area contributed by atoms with Gasteiger partial charge in [-0.05, 0) is 36.6 Å². The van der Waals surface area contributed by atoms with Gasteiger partial charge in [0, 0.05) is 25.0 Å². The highest BCUT2D eigenvalue weighted by atomic mass is 16.2. The summed E-state index contributed by atoms with van der Waals surface area (Å²) in [6, 6.07) is 0.504. The molecule has 1 atom stereocenters. The minimum Gasteiger partial charge on any atom is -0.341 e. The molecule has 0 aromatic heterocycles. The lowest BCUT2D eigenvalue weighted by atomic mass is 10.0. The van der Waals surface area contributed by atoms with Crippen molar-refractivity contribution in [2.75, 3.05) is 19.6 Å². The fraction of sp³-hybridized carbons (Fsp3) is 0.941. The van der Waals surface area contributed by atoms with E-state index in [0.29, 0.717) is 11.9 Å². The van der Waals surface area contributed by atoms with Gasteiger partial charge in [0.15, 0.2) is 0 Å². The Morgan fingerprint density at radius 2 is 1.85 bits per heavy atom. The minimum absolute atomic E-state index is 0.149. The molecule has 1 heterocycles. The largest absolute Gasteiger partial charge is 0.341 e. The first kappa shape index (κ1) is 15.8. The fourth-order valence-electron chi connectivity index (χ4n) is 3.90.